The largest absolute Gasteiger partial charge is 0.382 e. The molecule has 5 nitrogen and oxygen atoms in total. The van der Waals surface area contributed by atoms with Gasteiger partial charge in [-0.2, -0.15) is 0 Å². The first-order chi connectivity index (χ1) is 9.74. The lowest BCUT2D eigenvalue weighted by Crippen LogP contribution is -2.61. The minimum Gasteiger partial charge on any atom is -0.382 e. The quantitative estimate of drug-likeness (QED) is 0.748. The minimum atomic E-state index is -0.252. The van der Waals surface area contributed by atoms with Gasteiger partial charge in [0.05, 0.1) is 6.54 Å². The van der Waals surface area contributed by atoms with Crippen molar-refractivity contribution >= 4 is 11.8 Å². The predicted molar refractivity (Wildman–Crippen MR) is 76.2 cm³/mol. The van der Waals surface area contributed by atoms with E-state index in [1.807, 2.05) is 6.92 Å². The highest BCUT2D eigenvalue weighted by atomic mass is 16.5. The van der Waals surface area contributed by atoms with Gasteiger partial charge in [-0.1, -0.05) is 19.3 Å². The third-order valence-corrected chi connectivity index (χ3v) is 4.33. The Morgan fingerprint density at radius 3 is 2.70 bits per heavy atom. The number of carbonyl (C=O) groups is 2. The molecule has 2 amide bonds. The lowest BCUT2D eigenvalue weighted by atomic mass is 9.82. The van der Waals surface area contributed by atoms with Gasteiger partial charge < -0.3 is 15.0 Å². The van der Waals surface area contributed by atoms with Crippen LogP contribution in [-0.2, 0) is 14.3 Å². The molecule has 20 heavy (non-hydrogen) atoms. The van der Waals surface area contributed by atoms with Crippen LogP contribution in [0.5, 0.6) is 0 Å². The summed E-state index contributed by atoms with van der Waals surface area (Å²) in [7, 11) is 0. The maximum Gasteiger partial charge on any atom is 0.243 e. The first kappa shape index (κ1) is 15.3. The Labute approximate surface area is 121 Å². The van der Waals surface area contributed by atoms with Gasteiger partial charge in [0.25, 0.3) is 0 Å². The second-order valence-electron chi connectivity index (χ2n) is 5.70. The van der Waals surface area contributed by atoms with Crippen molar-refractivity contribution in [3.05, 3.63) is 0 Å². The van der Waals surface area contributed by atoms with E-state index >= 15 is 0 Å². The van der Waals surface area contributed by atoms with E-state index in [2.05, 4.69) is 5.32 Å². The van der Waals surface area contributed by atoms with Crippen molar-refractivity contribution < 1.29 is 14.3 Å². The molecule has 0 spiro atoms. The zero-order valence-corrected chi connectivity index (χ0v) is 12.4. The molecule has 0 bridgehead atoms. The number of hydrogen-bond donors (Lipinski definition) is 1. The van der Waals surface area contributed by atoms with E-state index in [-0.39, 0.29) is 24.4 Å². The Morgan fingerprint density at radius 1 is 1.25 bits per heavy atom. The summed E-state index contributed by atoms with van der Waals surface area (Å²) in [5.41, 5.74) is 0. The molecule has 0 radical (unpaired) electrons. The summed E-state index contributed by atoms with van der Waals surface area (Å²) in [6.07, 6.45) is 6.53. The Hall–Kier alpha value is -1.10. The molecule has 1 heterocycles. The van der Waals surface area contributed by atoms with Gasteiger partial charge in [0.2, 0.25) is 11.8 Å². The zero-order chi connectivity index (χ0) is 14.4. The average molecular weight is 282 g/mol. The first-order valence-corrected chi connectivity index (χ1v) is 7.89. The van der Waals surface area contributed by atoms with Crippen molar-refractivity contribution in [2.24, 2.45) is 5.92 Å². The van der Waals surface area contributed by atoms with Crippen LogP contribution in [-0.4, -0.2) is 49.1 Å². The summed E-state index contributed by atoms with van der Waals surface area (Å²) >= 11 is 0. The maximum atomic E-state index is 12.2. The van der Waals surface area contributed by atoms with Crippen LogP contribution in [0.3, 0.4) is 0 Å². The van der Waals surface area contributed by atoms with E-state index in [1.165, 1.54) is 19.3 Å². The number of hydrogen-bond acceptors (Lipinski definition) is 3. The van der Waals surface area contributed by atoms with Crippen LogP contribution in [0.4, 0.5) is 0 Å². The fourth-order valence-electron chi connectivity index (χ4n) is 3.33. The summed E-state index contributed by atoms with van der Waals surface area (Å²) in [5.74, 6) is 0.421. The Balaban J connectivity index is 1.98. The normalized spacial score (nSPS) is 24.9. The number of ether oxygens (including phenoxy) is 1. The smallest absolute Gasteiger partial charge is 0.243 e. The predicted octanol–water partition coefficient (Wildman–Crippen LogP) is 1.32. The van der Waals surface area contributed by atoms with E-state index in [4.69, 9.17) is 4.74 Å². The van der Waals surface area contributed by atoms with Gasteiger partial charge in [0.15, 0.2) is 0 Å². The van der Waals surface area contributed by atoms with Gasteiger partial charge in [-0.15, -0.1) is 0 Å². The molecule has 2 aliphatic rings. The number of piperazine rings is 1. The van der Waals surface area contributed by atoms with Crippen molar-refractivity contribution in [3.8, 4) is 0 Å². The maximum absolute atomic E-state index is 12.2. The molecule has 0 aromatic carbocycles. The molecule has 1 atom stereocenters. The number of rotatable bonds is 6. The van der Waals surface area contributed by atoms with Crippen molar-refractivity contribution in [3.63, 3.8) is 0 Å². The Kier molecular flexibility index (Phi) is 5.83. The van der Waals surface area contributed by atoms with Gasteiger partial charge in [-0.3, -0.25) is 9.59 Å². The molecule has 1 aliphatic carbocycles. The van der Waals surface area contributed by atoms with Gasteiger partial charge >= 0.3 is 0 Å². The van der Waals surface area contributed by atoms with E-state index in [0.717, 1.165) is 19.3 Å². The molecule has 2 fully saturated rings. The molecule has 0 aromatic heterocycles. The van der Waals surface area contributed by atoms with Gasteiger partial charge in [-0.05, 0) is 32.1 Å². The SMILES string of the molecule is CCOCCCN1C(=O)CNC(=O)C1C1CCCCC1. The lowest BCUT2D eigenvalue weighted by molar-refractivity contribution is -0.148. The van der Waals surface area contributed by atoms with Crippen molar-refractivity contribution in [2.75, 3.05) is 26.3 Å². The molecule has 0 aromatic rings. The fraction of sp³-hybridized carbons (Fsp3) is 0.867. The minimum absolute atomic E-state index is 0.0351. The summed E-state index contributed by atoms with van der Waals surface area (Å²) in [4.78, 5) is 26.1. The van der Waals surface area contributed by atoms with Crippen LogP contribution >= 0.6 is 0 Å². The van der Waals surface area contributed by atoms with Crippen LogP contribution in [0.25, 0.3) is 0 Å². The van der Waals surface area contributed by atoms with Crippen LogP contribution in [0.15, 0.2) is 0 Å². The van der Waals surface area contributed by atoms with E-state index in [9.17, 15) is 9.59 Å². The van der Waals surface area contributed by atoms with Gasteiger partial charge in [0.1, 0.15) is 6.04 Å². The van der Waals surface area contributed by atoms with Gasteiger partial charge in [-0.25, -0.2) is 0 Å². The highest BCUT2D eigenvalue weighted by molar-refractivity contribution is 5.95. The molecular formula is C15H26N2O3. The Morgan fingerprint density at radius 2 is 2.00 bits per heavy atom. The Bertz CT molecular complexity index is 340. The molecular weight excluding hydrogens is 256 g/mol. The molecule has 2 rings (SSSR count). The number of carbonyl (C=O) groups excluding carboxylic acids is 2. The van der Waals surface area contributed by atoms with Crippen molar-refractivity contribution in [1.29, 1.82) is 0 Å². The lowest BCUT2D eigenvalue weighted by Gasteiger charge is -2.40. The van der Waals surface area contributed by atoms with E-state index in [0.29, 0.717) is 25.7 Å². The van der Waals surface area contributed by atoms with Crippen LogP contribution in [0, 0.1) is 5.92 Å². The van der Waals surface area contributed by atoms with Crippen molar-refractivity contribution in [1.82, 2.24) is 10.2 Å². The highest BCUT2D eigenvalue weighted by Crippen LogP contribution is 2.30. The van der Waals surface area contributed by atoms with Crippen LogP contribution in [0.1, 0.15) is 45.4 Å². The number of nitrogens with zero attached hydrogens (tertiary/aromatic N) is 1. The molecule has 1 saturated carbocycles. The second-order valence-corrected chi connectivity index (χ2v) is 5.70. The third kappa shape index (κ3) is 3.72. The summed E-state index contributed by atoms with van der Waals surface area (Å²) in [6.45, 7) is 4.09. The van der Waals surface area contributed by atoms with E-state index in [1.54, 1.807) is 4.90 Å². The standard InChI is InChI=1S/C15H26N2O3/c1-2-20-10-6-9-17-13(18)11-16-15(19)14(17)12-7-4-3-5-8-12/h12,14H,2-11H2,1H3,(H,16,19). The molecule has 1 saturated heterocycles. The average Bonchev–Trinajstić information content (AvgIpc) is 2.48. The third-order valence-electron chi connectivity index (χ3n) is 4.33. The summed E-state index contributed by atoms with van der Waals surface area (Å²) in [6, 6.07) is -0.252. The molecule has 1 aliphatic heterocycles. The topological polar surface area (TPSA) is 58.6 Å². The second kappa shape index (κ2) is 7.62. The van der Waals surface area contributed by atoms with Crippen LogP contribution in [0.2, 0.25) is 0 Å². The highest BCUT2D eigenvalue weighted by Gasteiger charge is 2.39. The molecule has 5 heteroatoms. The number of nitrogens with one attached hydrogen (secondary N) is 1. The van der Waals surface area contributed by atoms with E-state index < -0.39 is 0 Å². The molecule has 1 unspecified atom stereocenters. The summed E-state index contributed by atoms with van der Waals surface area (Å²) in [5, 5.41) is 2.75. The zero-order valence-electron chi connectivity index (χ0n) is 12.4. The molecule has 114 valence electrons. The first-order valence-electron chi connectivity index (χ1n) is 7.89. The van der Waals surface area contributed by atoms with Crippen LogP contribution < -0.4 is 5.32 Å². The van der Waals surface area contributed by atoms with Crippen molar-refractivity contribution in [2.45, 2.75) is 51.5 Å². The molecule has 1 N–H and O–H groups in total. The number of amides is 2. The fourth-order valence-corrected chi connectivity index (χ4v) is 3.33. The monoisotopic (exact) mass is 282 g/mol. The summed E-state index contributed by atoms with van der Waals surface area (Å²) < 4.78 is 5.33. The van der Waals surface area contributed by atoms with Gasteiger partial charge in [0, 0.05) is 19.8 Å².